The second-order valence-electron chi connectivity index (χ2n) is 5.14. The van der Waals surface area contributed by atoms with Gasteiger partial charge in [0.2, 0.25) is 0 Å². The summed E-state index contributed by atoms with van der Waals surface area (Å²) in [4.78, 5) is 6.99. The van der Waals surface area contributed by atoms with Crippen molar-refractivity contribution in [3.8, 4) is 0 Å². The minimum atomic E-state index is 0.862. The molecule has 1 N–H and O–H groups in total. The van der Waals surface area contributed by atoms with Crippen molar-refractivity contribution in [3.05, 3.63) is 23.9 Å². The van der Waals surface area contributed by atoms with Gasteiger partial charge in [0, 0.05) is 25.3 Å². The third kappa shape index (κ3) is 4.00. The maximum absolute atomic E-state index is 4.44. The van der Waals surface area contributed by atoms with Crippen LogP contribution in [0.15, 0.2) is 18.2 Å². The first kappa shape index (κ1) is 12.4. The van der Waals surface area contributed by atoms with Gasteiger partial charge in [0.15, 0.2) is 0 Å². The first-order chi connectivity index (χ1) is 8.24. The molecule has 2 rings (SSSR count). The van der Waals surface area contributed by atoms with Gasteiger partial charge < -0.3 is 10.2 Å². The molecule has 1 atom stereocenters. The van der Waals surface area contributed by atoms with Crippen molar-refractivity contribution in [2.24, 2.45) is 5.92 Å². The average molecular weight is 233 g/mol. The third-order valence-electron chi connectivity index (χ3n) is 3.36. The number of aromatic nitrogens is 1. The molecule has 0 amide bonds. The predicted octanol–water partition coefficient (Wildman–Crippen LogP) is 2.53. The molecule has 17 heavy (non-hydrogen) atoms. The lowest BCUT2D eigenvalue weighted by Gasteiger charge is -2.30. The molecular weight excluding hydrogens is 210 g/mol. The maximum atomic E-state index is 4.44. The zero-order valence-electron chi connectivity index (χ0n) is 10.9. The molecule has 94 valence electrons. The maximum Gasteiger partial charge on any atom is 0.126 e. The van der Waals surface area contributed by atoms with Gasteiger partial charge in [-0.25, -0.2) is 4.98 Å². The van der Waals surface area contributed by atoms with Crippen molar-refractivity contribution >= 4 is 5.82 Å². The highest BCUT2D eigenvalue weighted by molar-refractivity contribution is 5.34. The zero-order valence-corrected chi connectivity index (χ0v) is 10.9. The number of aryl methyl sites for hydroxylation is 1. The molecule has 1 aliphatic rings. The monoisotopic (exact) mass is 233 g/mol. The fourth-order valence-electron chi connectivity index (χ4n) is 2.47. The van der Waals surface area contributed by atoms with Crippen LogP contribution in [0.25, 0.3) is 0 Å². The fraction of sp³-hybridized carbons (Fsp3) is 0.643. The van der Waals surface area contributed by atoms with Gasteiger partial charge in [0.25, 0.3) is 0 Å². The van der Waals surface area contributed by atoms with Crippen molar-refractivity contribution in [1.82, 2.24) is 9.88 Å². The van der Waals surface area contributed by atoms with Gasteiger partial charge >= 0.3 is 0 Å². The second kappa shape index (κ2) is 6.01. The summed E-state index contributed by atoms with van der Waals surface area (Å²) in [6.45, 7) is 9.00. The van der Waals surface area contributed by atoms with E-state index in [2.05, 4.69) is 22.1 Å². The van der Waals surface area contributed by atoms with E-state index in [4.69, 9.17) is 0 Å². The van der Waals surface area contributed by atoms with Crippen LogP contribution in [-0.4, -0.2) is 36.1 Å². The molecule has 0 bridgehead atoms. The first-order valence-electron chi connectivity index (χ1n) is 6.64. The molecule has 1 unspecified atom stereocenters. The van der Waals surface area contributed by atoms with E-state index in [0.29, 0.717) is 0 Å². The Morgan fingerprint density at radius 3 is 3.12 bits per heavy atom. The van der Waals surface area contributed by atoms with Crippen LogP contribution in [0.5, 0.6) is 0 Å². The fourth-order valence-corrected chi connectivity index (χ4v) is 2.47. The highest BCUT2D eigenvalue weighted by atomic mass is 15.1. The van der Waals surface area contributed by atoms with Crippen molar-refractivity contribution in [2.75, 3.05) is 31.5 Å². The summed E-state index contributed by atoms with van der Waals surface area (Å²) < 4.78 is 0. The number of likely N-dealkylation sites (tertiary alicyclic amines) is 1. The van der Waals surface area contributed by atoms with Crippen molar-refractivity contribution in [3.63, 3.8) is 0 Å². The Labute approximate surface area is 104 Å². The Bertz CT molecular complexity index is 351. The van der Waals surface area contributed by atoms with E-state index in [1.807, 2.05) is 25.1 Å². The molecular formula is C14H23N3. The number of piperidine rings is 1. The SMILES string of the molecule is Cc1cccc(NCCN2CCCC(C)C2)n1. The van der Waals surface area contributed by atoms with Crippen LogP contribution in [-0.2, 0) is 0 Å². The minimum absolute atomic E-state index is 0.862. The molecule has 1 saturated heterocycles. The smallest absolute Gasteiger partial charge is 0.126 e. The summed E-state index contributed by atoms with van der Waals surface area (Å²) in [6, 6.07) is 6.11. The average Bonchev–Trinajstić information content (AvgIpc) is 2.29. The van der Waals surface area contributed by atoms with E-state index in [1.165, 1.54) is 25.9 Å². The van der Waals surface area contributed by atoms with E-state index in [-0.39, 0.29) is 0 Å². The number of anilines is 1. The molecule has 3 heteroatoms. The third-order valence-corrected chi connectivity index (χ3v) is 3.36. The summed E-state index contributed by atoms with van der Waals surface area (Å²) in [6.07, 6.45) is 2.74. The largest absolute Gasteiger partial charge is 0.369 e. The van der Waals surface area contributed by atoms with E-state index in [9.17, 15) is 0 Å². The zero-order chi connectivity index (χ0) is 12.1. The molecule has 0 spiro atoms. The van der Waals surface area contributed by atoms with Gasteiger partial charge in [0.1, 0.15) is 5.82 Å². The Morgan fingerprint density at radius 1 is 1.47 bits per heavy atom. The predicted molar refractivity (Wildman–Crippen MR) is 72.3 cm³/mol. The van der Waals surface area contributed by atoms with Crippen LogP contribution in [0.3, 0.4) is 0 Å². The summed E-state index contributed by atoms with van der Waals surface area (Å²) in [7, 11) is 0. The van der Waals surface area contributed by atoms with Crippen LogP contribution in [0, 0.1) is 12.8 Å². The summed E-state index contributed by atoms with van der Waals surface area (Å²) in [5.41, 5.74) is 1.07. The van der Waals surface area contributed by atoms with Crippen LogP contribution >= 0.6 is 0 Å². The molecule has 0 radical (unpaired) electrons. The second-order valence-corrected chi connectivity index (χ2v) is 5.14. The molecule has 1 fully saturated rings. The van der Waals surface area contributed by atoms with Gasteiger partial charge in [-0.05, 0) is 44.4 Å². The lowest BCUT2D eigenvalue weighted by molar-refractivity contribution is 0.190. The standard InChI is InChI=1S/C14H23N3/c1-12-5-4-9-17(11-12)10-8-15-14-7-3-6-13(2)16-14/h3,6-7,12H,4-5,8-11H2,1-2H3,(H,15,16). The number of hydrogen-bond acceptors (Lipinski definition) is 3. The van der Waals surface area contributed by atoms with Crippen molar-refractivity contribution < 1.29 is 0 Å². The Balaban J connectivity index is 1.72. The summed E-state index contributed by atoms with van der Waals surface area (Å²) in [5, 5.41) is 3.39. The highest BCUT2D eigenvalue weighted by Gasteiger charge is 2.15. The Hall–Kier alpha value is -1.09. The van der Waals surface area contributed by atoms with Gasteiger partial charge in [-0.1, -0.05) is 13.0 Å². The summed E-state index contributed by atoms with van der Waals surface area (Å²) in [5.74, 6) is 1.86. The Kier molecular flexibility index (Phi) is 4.37. The molecule has 0 aliphatic carbocycles. The number of nitrogens with one attached hydrogen (secondary N) is 1. The lowest BCUT2D eigenvalue weighted by atomic mass is 10.0. The van der Waals surface area contributed by atoms with E-state index in [0.717, 1.165) is 30.5 Å². The number of nitrogens with zero attached hydrogens (tertiary/aromatic N) is 2. The van der Waals surface area contributed by atoms with Gasteiger partial charge in [-0.2, -0.15) is 0 Å². The number of hydrogen-bond donors (Lipinski definition) is 1. The first-order valence-corrected chi connectivity index (χ1v) is 6.64. The molecule has 3 nitrogen and oxygen atoms in total. The minimum Gasteiger partial charge on any atom is -0.369 e. The van der Waals surface area contributed by atoms with Crippen molar-refractivity contribution in [2.45, 2.75) is 26.7 Å². The Morgan fingerprint density at radius 2 is 2.35 bits per heavy atom. The number of pyridine rings is 1. The van der Waals surface area contributed by atoms with Gasteiger partial charge in [-0.15, -0.1) is 0 Å². The highest BCUT2D eigenvalue weighted by Crippen LogP contribution is 2.14. The number of rotatable bonds is 4. The topological polar surface area (TPSA) is 28.2 Å². The van der Waals surface area contributed by atoms with E-state index < -0.39 is 0 Å². The van der Waals surface area contributed by atoms with Crippen LogP contribution in [0.1, 0.15) is 25.5 Å². The molecule has 1 aromatic heterocycles. The van der Waals surface area contributed by atoms with E-state index in [1.54, 1.807) is 0 Å². The molecule has 0 aromatic carbocycles. The van der Waals surface area contributed by atoms with Gasteiger partial charge in [-0.3, -0.25) is 0 Å². The molecule has 1 aromatic rings. The van der Waals surface area contributed by atoms with Gasteiger partial charge in [0.05, 0.1) is 0 Å². The van der Waals surface area contributed by atoms with E-state index >= 15 is 0 Å². The van der Waals surface area contributed by atoms with Crippen LogP contribution in [0.2, 0.25) is 0 Å². The van der Waals surface area contributed by atoms with Crippen LogP contribution < -0.4 is 5.32 Å². The van der Waals surface area contributed by atoms with Crippen LogP contribution in [0.4, 0.5) is 5.82 Å². The molecule has 1 aliphatic heterocycles. The quantitative estimate of drug-likeness (QED) is 0.866. The molecule has 0 saturated carbocycles. The normalized spacial score (nSPS) is 21.4. The summed E-state index contributed by atoms with van der Waals surface area (Å²) >= 11 is 0. The molecule has 2 heterocycles. The van der Waals surface area contributed by atoms with Crippen molar-refractivity contribution in [1.29, 1.82) is 0 Å². The lowest BCUT2D eigenvalue weighted by Crippen LogP contribution is -2.37.